The molecule has 0 spiro atoms. The van der Waals surface area contributed by atoms with Crippen LogP contribution in [-0.2, 0) is 19.6 Å². The van der Waals surface area contributed by atoms with Crippen LogP contribution in [0.1, 0.15) is 11.3 Å². The van der Waals surface area contributed by atoms with Crippen molar-refractivity contribution in [1.82, 2.24) is 14.5 Å². The number of hydrogen-bond donors (Lipinski definition) is 1. The number of nitrogens with two attached hydrogens (primary N) is 1. The Bertz CT molecular complexity index is 524. The Morgan fingerprint density at radius 3 is 2.95 bits per heavy atom. The first-order valence-electron chi connectivity index (χ1n) is 6.31. The van der Waals surface area contributed by atoms with Gasteiger partial charge in [0.15, 0.2) is 0 Å². The van der Waals surface area contributed by atoms with Crippen molar-refractivity contribution in [3.05, 3.63) is 52.5 Å². The molecule has 0 fully saturated rings. The number of nitrogens with zero attached hydrogens (tertiary/aromatic N) is 3. The molecule has 2 N–H and O–H groups in total. The lowest BCUT2D eigenvalue weighted by molar-refractivity contribution is 0.315. The second-order valence-electron chi connectivity index (χ2n) is 4.69. The summed E-state index contributed by atoms with van der Waals surface area (Å²) >= 11 is 3.49. The normalized spacial score (nSPS) is 11.2. The van der Waals surface area contributed by atoms with Crippen molar-refractivity contribution in [3.8, 4) is 0 Å². The summed E-state index contributed by atoms with van der Waals surface area (Å²) in [5.74, 6) is 0. The molecule has 19 heavy (non-hydrogen) atoms. The highest BCUT2D eigenvalue weighted by Crippen LogP contribution is 2.13. The highest BCUT2D eigenvalue weighted by Gasteiger charge is 2.05. The summed E-state index contributed by atoms with van der Waals surface area (Å²) in [6, 6.07) is 8.37. The third-order valence-corrected chi connectivity index (χ3v) is 3.34. The van der Waals surface area contributed by atoms with Crippen molar-refractivity contribution in [3.63, 3.8) is 0 Å². The molecule has 5 heteroatoms. The molecule has 1 aromatic heterocycles. The zero-order valence-corrected chi connectivity index (χ0v) is 12.7. The highest BCUT2D eigenvalue weighted by molar-refractivity contribution is 9.10. The second-order valence-corrected chi connectivity index (χ2v) is 5.61. The molecule has 0 saturated heterocycles. The van der Waals surface area contributed by atoms with Gasteiger partial charge in [-0.25, -0.2) is 4.98 Å². The van der Waals surface area contributed by atoms with E-state index in [0.717, 1.165) is 29.8 Å². The largest absolute Gasteiger partial charge is 0.336 e. The fourth-order valence-electron chi connectivity index (χ4n) is 2.04. The van der Waals surface area contributed by atoms with Gasteiger partial charge in [-0.2, -0.15) is 0 Å². The van der Waals surface area contributed by atoms with Crippen LogP contribution in [0, 0.1) is 0 Å². The minimum Gasteiger partial charge on any atom is -0.336 e. The van der Waals surface area contributed by atoms with Crippen LogP contribution < -0.4 is 5.73 Å². The SMILES string of the molecule is CN(Cc1cccc(Br)c1)Cc1cn(CCN)cn1. The van der Waals surface area contributed by atoms with E-state index in [-0.39, 0.29) is 0 Å². The first kappa shape index (κ1) is 14.2. The monoisotopic (exact) mass is 322 g/mol. The van der Waals surface area contributed by atoms with Crippen LogP contribution >= 0.6 is 15.9 Å². The van der Waals surface area contributed by atoms with Gasteiger partial charge in [0.25, 0.3) is 0 Å². The fraction of sp³-hybridized carbons (Fsp3) is 0.357. The van der Waals surface area contributed by atoms with Crippen molar-refractivity contribution in [2.75, 3.05) is 13.6 Å². The molecule has 0 aliphatic heterocycles. The van der Waals surface area contributed by atoms with Gasteiger partial charge in [-0.1, -0.05) is 28.1 Å². The van der Waals surface area contributed by atoms with Gasteiger partial charge in [0, 0.05) is 36.8 Å². The van der Waals surface area contributed by atoms with Crippen LogP contribution in [0.3, 0.4) is 0 Å². The van der Waals surface area contributed by atoms with Crippen LogP contribution in [-0.4, -0.2) is 28.0 Å². The molecule has 0 aliphatic carbocycles. The van der Waals surface area contributed by atoms with Crippen molar-refractivity contribution in [2.45, 2.75) is 19.6 Å². The number of aromatic nitrogens is 2. The lowest BCUT2D eigenvalue weighted by Crippen LogP contribution is -2.17. The molecule has 0 bridgehead atoms. The van der Waals surface area contributed by atoms with Crippen LogP contribution in [0.15, 0.2) is 41.3 Å². The molecule has 2 aromatic rings. The molecule has 0 saturated carbocycles. The molecule has 0 amide bonds. The topological polar surface area (TPSA) is 47.1 Å². The number of rotatable bonds is 6. The lowest BCUT2D eigenvalue weighted by Gasteiger charge is -2.15. The van der Waals surface area contributed by atoms with Gasteiger partial charge < -0.3 is 10.3 Å². The van der Waals surface area contributed by atoms with E-state index >= 15 is 0 Å². The summed E-state index contributed by atoms with van der Waals surface area (Å²) in [6.07, 6.45) is 3.90. The fourth-order valence-corrected chi connectivity index (χ4v) is 2.49. The van der Waals surface area contributed by atoms with Crippen molar-refractivity contribution >= 4 is 15.9 Å². The van der Waals surface area contributed by atoms with Crippen LogP contribution in [0.2, 0.25) is 0 Å². The van der Waals surface area contributed by atoms with E-state index in [1.807, 2.05) is 17.0 Å². The van der Waals surface area contributed by atoms with E-state index in [1.165, 1.54) is 5.56 Å². The number of benzene rings is 1. The van der Waals surface area contributed by atoms with E-state index in [9.17, 15) is 0 Å². The number of hydrogen-bond acceptors (Lipinski definition) is 3. The van der Waals surface area contributed by atoms with Crippen LogP contribution in [0.25, 0.3) is 0 Å². The summed E-state index contributed by atoms with van der Waals surface area (Å²) in [7, 11) is 2.10. The third-order valence-electron chi connectivity index (χ3n) is 2.85. The predicted octanol–water partition coefficient (Wildman–Crippen LogP) is 2.24. The summed E-state index contributed by atoms with van der Waals surface area (Å²) in [5.41, 5.74) is 7.89. The van der Waals surface area contributed by atoms with Gasteiger partial charge in [-0.05, 0) is 24.7 Å². The minimum atomic E-state index is 0.643. The van der Waals surface area contributed by atoms with E-state index in [2.05, 4.69) is 57.3 Å². The summed E-state index contributed by atoms with van der Waals surface area (Å²) < 4.78 is 3.15. The zero-order chi connectivity index (χ0) is 13.7. The van der Waals surface area contributed by atoms with Gasteiger partial charge in [-0.3, -0.25) is 4.90 Å². The maximum absolute atomic E-state index is 5.52. The number of halogens is 1. The second kappa shape index (κ2) is 6.84. The van der Waals surface area contributed by atoms with E-state index in [1.54, 1.807) is 0 Å². The third kappa shape index (κ3) is 4.45. The molecular weight excluding hydrogens is 304 g/mol. The number of imidazole rings is 1. The Morgan fingerprint density at radius 2 is 2.21 bits per heavy atom. The first-order chi connectivity index (χ1) is 9.17. The highest BCUT2D eigenvalue weighted by atomic mass is 79.9. The van der Waals surface area contributed by atoms with Gasteiger partial charge in [-0.15, -0.1) is 0 Å². The Balaban J connectivity index is 1.91. The van der Waals surface area contributed by atoms with Crippen molar-refractivity contribution < 1.29 is 0 Å². The standard InChI is InChI=1S/C14H19BrN4/c1-18(8-12-3-2-4-13(15)7-12)9-14-10-19(6-5-16)11-17-14/h2-4,7,10-11H,5-6,8-9,16H2,1H3. The molecule has 0 unspecified atom stereocenters. The Labute approximate surface area is 122 Å². The summed E-state index contributed by atoms with van der Waals surface area (Å²) in [4.78, 5) is 6.64. The van der Waals surface area contributed by atoms with Gasteiger partial charge in [0.1, 0.15) is 0 Å². The molecule has 0 aliphatic rings. The maximum Gasteiger partial charge on any atom is 0.0950 e. The summed E-state index contributed by atoms with van der Waals surface area (Å²) in [6.45, 7) is 3.21. The Morgan fingerprint density at radius 1 is 1.37 bits per heavy atom. The molecular formula is C14H19BrN4. The average Bonchev–Trinajstić information content (AvgIpc) is 2.77. The van der Waals surface area contributed by atoms with Gasteiger partial charge in [0.2, 0.25) is 0 Å². The first-order valence-corrected chi connectivity index (χ1v) is 7.10. The molecule has 2 rings (SSSR count). The summed E-state index contributed by atoms with van der Waals surface area (Å²) in [5, 5.41) is 0. The smallest absolute Gasteiger partial charge is 0.0950 e. The molecule has 1 heterocycles. The molecule has 102 valence electrons. The van der Waals surface area contributed by atoms with E-state index in [4.69, 9.17) is 5.73 Å². The van der Waals surface area contributed by atoms with Gasteiger partial charge in [0.05, 0.1) is 12.0 Å². The lowest BCUT2D eigenvalue weighted by atomic mass is 10.2. The minimum absolute atomic E-state index is 0.643. The quantitative estimate of drug-likeness (QED) is 0.887. The van der Waals surface area contributed by atoms with Crippen LogP contribution in [0.5, 0.6) is 0 Å². The zero-order valence-electron chi connectivity index (χ0n) is 11.1. The Kier molecular flexibility index (Phi) is 5.13. The van der Waals surface area contributed by atoms with E-state index in [0.29, 0.717) is 6.54 Å². The molecule has 0 atom stereocenters. The molecule has 1 aromatic carbocycles. The average molecular weight is 323 g/mol. The molecule has 4 nitrogen and oxygen atoms in total. The Hall–Kier alpha value is -1.17. The van der Waals surface area contributed by atoms with Crippen molar-refractivity contribution in [2.24, 2.45) is 5.73 Å². The predicted molar refractivity (Wildman–Crippen MR) is 80.6 cm³/mol. The molecule has 0 radical (unpaired) electrons. The van der Waals surface area contributed by atoms with E-state index < -0.39 is 0 Å². The van der Waals surface area contributed by atoms with Gasteiger partial charge >= 0.3 is 0 Å². The van der Waals surface area contributed by atoms with Crippen LogP contribution in [0.4, 0.5) is 0 Å². The van der Waals surface area contributed by atoms with Crippen molar-refractivity contribution in [1.29, 1.82) is 0 Å². The maximum atomic E-state index is 5.52.